The van der Waals surface area contributed by atoms with Gasteiger partial charge < -0.3 is 0 Å². The maximum atomic E-state index is 13.2. The zero-order valence-electron chi connectivity index (χ0n) is 7.93. The summed E-state index contributed by atoms with van der Waals surface area (Å²) in [6.07, 6.45) is -7.08. The number of hydrogen-bond donors (Lipinski definition) is 0. The molecule has 0 bridgehead atoms. The third-order valence-electron chi connectivity index (χ3n) is 3.15. The van der Waals surface area contributed by atoms with Crippen molar-refractivity contribution in [3.05, 3.63) is 0 Å². The minimum absolute atomic E-state index is 0.115. The van der Waals surface area contributed by atoms with Crippen molar-refractivity contribution >= 4 is 0 Å². The Morgan fingerprint density at radius 2 is 1.47 bits per heavy atom. The van der Waals surface area contributed by atoms with E-state index in [9.17, 15) is 30.7 Å². The van der Waals surface area contributed by atoms with E-state index in [1.54, 1.807) is 0 Å². The highest BCUT2D eigenvalue weighted by atomic mass is 19.4. The molecule has 0 aromatic heterocycles. The van der Waals surface area contributed by atoms with Crippen LogP contribution in [0.5, 0.6) is 0 Å². The van der Waals surface area contributed by atoms with Gasteiger partial charge >= 0.3 is 6.18 Å². The Morgan fingerprint density at radius 3 is 1.60 bits per heavy atom. The molecule has 90 valence electrons. The zero-order chi connectivity index (χ0) is 12.3. The highest BCUT2D eigenvalue weighted by Gasteiger charge is 2.83. The molecule has 1 aliphatic rings. The molecule has 0 nitrogen and oxygen atoms in total. The van der Waals surface area contributed by atoms with E-state index in [1.807, 2.05) is 0 Å². The van der Waals surface area contributed by atoms with E-state index in [2.05, 4.69) is 0 Å². The van der Waals surface area contributed by atoms with Crippen molar-refractivity contribution in [1.29, 1.82) is 0 Å². The molecule has 0 saturated heterocycles. The van der Waals surface area contributed by atoms with Gasteiger partial charge in [0.1, 0.15) is 0 Å². The molecule has 2 unspecified atom stereocenters. The van der Waals surface area contributed by atoms with Crippen molar-refractivity contribution in [2.75, 3.05) is 0 Å². The van der Waals surface area contributed by atoms with Crippen molar-refractivity contribution in [3.8, 4) is 0 Å². The third kappa shape index (κ3) is 1.27. The fraction of sp³-hybridized carbons (Fsp3) is 1.00. The van der Waals surface area contributed by atoms with Crippen molar-refractivity contribution < 1.29 is 30.7 Å². The number of halogens is 7. The maximum absolute atomic E-state index is 13.2. The molecule has 1 fully saturated rings. The Bertz CT molecular complexity index is 267. The first-order valence-electron chi connectivity index (χ1n) is 4.20. The van der Waals surface area contributed by atoms with E-state index in [0.29, 0.717) is 6.92 Å². The quantitative estimate of drug-likeness (QED) is 0.562. The second-order valence-corrected chi connectivity index (χ2v) is 4.06. The molecule has 2 atom stereocenters. The molecule has 0 radical (unpaired) electrons. The van der Waals surface area contributed by atoms with Gasteiger partial charge in [-0.25, -0.2) is 17.6 Å². The molecule has 0 heterocycles. The fourth-order valence-electron chi connectivity index (χ4n) is 1.85. The van der Waals surface area contributed by atoms with E-state index < -0.39 is 35.8 Å². The SMILES string of the molecule is CC1CC(F)(F)C(C)(C(F)(F)F)C1(F)F. The van der Waals surface area contributed by atoms with Crippen LogP contribution in [0.2, 0.25) is 0 Å². The molecule has 1 saturated carbocycles. The van der Waals surface area contributed by atoms with Crippen LogP contribution in [0.3, 0.4) is 0 Å². The van der Waals surface area contributed by atoms with Crippen molar-refractivity contribution in [2.24, 2.45) is 11.3 Å². The van der Waals surface area contributed by atoms with Crippen molar-refractivity contribution in [3.63, 3.8) is 0 Å². The van der Waals surface area contributed by atoms with Crippen molar-refractivity contribution in [2.45, 2.75) is 38.3 Å². The zero-order valence-corrected chi connectivity index (χ0v) is 7.93. The lowest BCUT2D eigenvalue weighted by molar-refractivity contribution is -0.337. The van der Waals surface area contributed by atoms with Crippen LogP contribution in [-0.2, 0) is 0 Å². The predicted octanol–water partition coefficient (Wildman–Crippen LogP) is 3.87. The topological polar surface area (TPSA) is 0 Å². The van der Waals surface area contributed by atoms with Gasteiger partial charge in [-0.1, -0.05) is 6.92 Å². The molecule has 0 amide bonds. The Morgan fingerprint density at radius 1 is 1.07 bits per heavy atom. The summed E-state index contributed by atoms with van der Waals surface area (Å²) in [7, 11) is 0. The summed E-state index contributed by atoms with van der Waals surface area (Å²) >= 11 is 0. The van der Waals surface area contributed by atoms with Gasteiger partial charge in [0.05, 0.1) is 0 Å². The van der Waals surface area contributed by atoms with Crippen LogP contribution in [0.25, 0.3) is 0 Å². The molecule has 7 heteroatoms. The van der Waals surface area contributed by atoms with Crippen LogP contribution in [-0.4, -0.2) is 18.0 Å². The first-order chi connectivity index (χ1) is 6.38. The molecule has 1 aliphatic carbocycles. The molecule has 15 heavy (non-hydrogen) atoms. The smallest absolute Gasteiger partial charge is 0.206 e. The number of alkyl halides is 7. The minimum atomic E-state index is -5.63. The van der Waals surface area contributed by atoms with Crippen LogP contribution < -0.4 is 0 Å². The number of rotatable bonds is 0. The predicted molar refractivity (Wildman–Crippen MR) is 37.8 cm³/mol. The summed E-state index contributed by atoms with van der Waals surface area (Å²) in [5.41, 5.74) is -4.27. The summed E-state index contributed by atoms with van der Waals surface area (Å²) in [6, 6.07) is 0. The van der Waals surface area contributed by atoms with Gasteiger partial charge in [-0.15, -0.1) is 0 Å². The first-order valence-corrected chi connectivity index (χ1v) is 4.20. The monoisotopic (exact) mass is 238 g/mol. The summed E-state index contributed by atoms with van der Waals surface area (Å²) in [6.45, 7) is 0.585. The van der Waals surface area contributed by atoms with E-state index >= 15 is 0 Å². The average molecular weight is 238 g/mol. The largest absolute Gasteiger partial charge is 0.405 e. The van der Waals surface area contributed by atoms with E-state index in [0.717, 1.165) is 0 Å². The van der Waals surface area contributed by atoms with Crippen LogP contribution >= 0.6 is 0 Å². The molecular formula is C8H9F7. The van der Waals surface area contributed by atoms with Gasteiger partial charge in [-0.3, -0.25) is 0 Å². The lowest BCUT2D eigenvalue weighted by Gasteiger charge is -2.37. The molecule has 0 aromatic rings. The molecule has 0 spiro atoms. The van der Waals surface area contributed by atoms with Gasteiger partial charge in [0, 0.05) is 12.3 Å². The molecule has 0 aliphatic heterocycles. The summed E-state index contributed by atoms with van der Waals surface area (Å²) in [5, 5.41) is 0. The van der Waals surface area contributed by atoms with E-state index in [1.165, 1.54) is 0 Å². The first kappa shape index (κ1) is 12.6. The molecule has 0 N–H and O–H groups in total. The lowest BCUT2D eigenvalue weighted by atomic mass is 9.81. The van der Waals surface area contributed by atoms with E-state index in [4.69, 9.17) is 0 Å². The highest BCUT2D eigenvalue weighted by Crippen LogP contribution is 2.67. The minimum Gasteiger partial charge on any atom is -0.206 e. The standard InChI is InChI=1S/C8H9F7/c1-4-3-6(9,10)5(2,7(4,11)12)8(13,14)15/h4H,3H2,1-2H3. The molecule has 1 rings (SSSR count). The van der Waals surface area contributed by atoms with Crippen LogP contribution in [0.15, 0.2) is 0 Å². The van der Waals surface area contributed by atoms with Gasteiger partial charge in [0.25, 0.3) is 11.8 Å². The van der Waals surface area contributed by atoms with Crippen LogP contribution in [0, 0.1) is 11.3 Å². The van der Waals surface area contributed by atoms with Crippen molar-refractivity contribution in [1.82, 2.24) is 0 Å². The average Bonchev–Trinajstić information content (AvgIpc) is 2.08. The second-order valence-electron chi connectivity index (χ2n) is 4.06. The third-order valence-corrected chi connectivity index (χ3v) is 3.15. The molecule has 0 aromatic carbocycles. The summed E-state index contributed by atoms with van der Waals surface area (Å²) < 4.78 is 89.5. The van der Waals surface area contributed by atoms with Gasteiger partial charge in [-0.2, -0.15) is 13.2 Å². The Labute approximate surface area is 81.4 Å². The van der Waals surface area contributed by atoms with Gasteiger partial charge in [-0.05, 0) is 6.92 Å². The Balaban J connectivity index is 3.36. The van der Waals surface area contributed by atoms with Gasteiger partial charge in [0.2, 0.25) is 0 Å². The van der Waals surface area contributed by atoms with Crippen LogP contribution in [0.1, 0.15) is 20.3 Å². The lowest BCUT2D eigenvalue weighted by Crippen LogP contribution is -2.56. The second kappa shape index (κ2) is 2.79. The Kier molecular flexibility index (Phi) is 2.34. The molecular weight excluding hydrogens is 229 g/mol. The number of hydrogen-bond acceptors (Lipinski definition) is 0. The van der Waals surface area contributed by atoms with E-state index in [-0.39, 0.29) is 6.92 Å². The fourth-order valence-corrected chi connectivity index (χ4v) is 1.85. The maximum Gasteiger partial charge on any atom is 0.405 e. The summed E-state index contributed by atoms with van der Waals surface area (Å²) in [4.78, 5) is 0. The van der Waals surface area contributed by atoms with Crippen LogP contribution in [0.4, 0.5) is 30.7 Å². The normalized spacial score (nSPS) is 39.4. The summed E-state index contributed by atoms with van der Waals surface area (Å²) in [5.74, 6) is -10.9. The Hall–Kier alpha value is -0.490. The van der Waals surface area contributed by atoms with Gasteiger partial charge in [0.15, 0.2) is 5.41 Å². The highest BCUT2D eigenvalue weighted by molar-refractivity contribution is 5.12.